The lowest BCUT2D eigenvalue weighted by Gasteiger charge is -2.33. The van der Waals surface area contributed by atoms with Gasteiger partial charge >= 0.3 is 0 Å². The van der Waals surface area contributed by atoms with Gasteiger partial charge in [0.1, 0.15) is 0 Å². The molecule has 2 N–H and O–H groups in total. The molecule has 1 rings (SSSR count). The highest BCUT2D eigenvalue weighted by Gasteiger charge is 2.41. The Kier molecular flexibility index (Phi) is 3.47. The largest absolute Gasteiger partial charge is 0.321 e. The predicted octanol–water partition coefficient (Wildman–Crippen LogP) is 2.89. The maximum atomic E-state index is 12.6. The van der Waals surface area contributed by atoms with Crippen LogP contribution in [-0.2, 0) is 0 Å². The molecular weight excluding hydrogens is 204 g/mol. The molecule has 0 aromatic rings. The van der Waals surface area contributed by atoms with E-state index in [1.165, 1.54) is 6.92 Å². The van der Waals surface area contributed by atoms with Gasteiger partial charge in [0.05, 0.1) is 5.54 Å². The van der Waals surface area contributed by atoms with Crippen LogP contribution in [0.3, 0.4) is 0 Å². The number of thioether (sulfide) groups is 1. The Bertz CT molecular complexity index is 204. The van der Waals surface area contributed by atoms with Crippen molar-refractivity contribution in [2.45, 2.75) is 50.3 Å². The van der Waals surface area contributed by atoms with Crippen LogP contribution in [0.2, 0.25) is 0 Å². The molecule has 0 spiro atoms. The number of alkyl halides is 2. The molecule has 0 amide bonds. The van der Waals surface area contributed by atoms with E-state index in [1.54, 1.807) is 0 Å². The first kappa shape index (κ1) is 12.2. The molecule has 1 saturated heterocycles. The first-order valence-corrected chi connectivity index (χ1v) is 5.95. The van der Waals surface area contributed by atoms with E-state index in [0.29, 0.717) is 12.3 Å². The molecular formula is C10H19F2NS. The number of rotatable bonds is 3. The van der Waals surface area contributed by atoms with Crippen molar-refractivity contribution in [2.75, 3.05) is 5.75 Å². The summed E-state index contributed by atoms with van der Waals surface area (Å²) in [6.07, 6.45) is -0.995. The second kappa shape index (κ2) is 3.97. The van der Waals surface area contributed by atoms with Crippen LogP contribution in [0.5, 0.6) is 0 Å². The summed E-state index contributed by atoms with van der Waals surface area (Å²) in [4.78, 5) is 0. The van der Waals surface area contributed by atoms with Crippen molar-refractivity contribution in [1.82, 2.24) is 0 Å². The van der Waals surface area contributed by atoms with E-state index in [0.717, 1.165) is 12.2 Å². The minimum absolute atomic E-state index is 0.107. The van der Waals surface area contributed by atoms with E-state index in [4.69, 9.17) is 5.73 Å². The lowest BCUT2D eigenvalue weighted by molar-refractivity contribution is 0.0467. The zero-order valence-electron chi connectivity index (χ0n) is 9.02. The quantitative estimate of drug-likeness (QED) is 0.796. The molecule has 0 saturated carbocycles. The highest BCUT2D eigenvalue weighted by Crippen LogP contribution is 2.46. The minimum atomic E-state index is -2.43. The van der Waals surface area contributed by atoms with Gasteiger partial charge in [0.2, 0.25) is 0 Å². The van der Waals surface area contributed by atoms with E-state index in [9.17, 15) is 8.78 Å². The Balaban J connectivity index is 2.60. The van der Waals surface area contributed by atoms with E-state index < -0.39 is 12.0 Å². The standard InChI is InChI=1S/C10H19F2NS/c1-9(2)7(4-5-14-9)6-10(3,13)8(11)12/h7-8H,4-6,13H2,1-3H3. The Morgan fingerprint density at radius 1 is 1.57 bits per heavy atom. The van der Waals surface area contributed by atoms with Crippen LogP contribution >= 0.6 is 11.8 Å². The average molecular weight is 223 g/mol. The molecule has 14 heavy (non-hydrogen) atoms. The third-order valence-electron chi connectivity index (χ3n) is 3.11. The number of halogens is 2. The molecule has 0 radical (unpaired) electrons. The molecule has 2 atom stereocenters. The van der Waals surface area contributed by atoms with E-state index in [-0.39, 0.29) is 4.75 Å². The van der Waals surface area contributed by atoms with Crippen molar-refractivity contribution >= 4 is 11.8 Å². The fourth-order valence-corrected chi connectivity index (χ4v) is 3.26. The summed E-state index contributed by atoms with van der Waals surface area (Å²) in [5.74, 6) is 1.38. The predicted molar refractivity (Wildman–Crippen MR) is 57.9 cm³/mol. The van der Waals surface area contributed by atoms with Gasteiger partial charge in [-0.05, 0) is 31.4 Å². The highest BCUT2D eigenvalue weighted by atomic mass is 32.2. The van der Waals surface area contributed by atoms with Crippen molar-refractivity contribution in [3.8, 4) is 0 Å². The van der Waals surface area contributed by atoms with Gasteiger partial charge in [-0.1, -0.05) is 13.8 Å². The van der Waals surface area contributed by atoms with Gasteiger partial charge in [0.15, 0.2) is 0 Å². The SMILES string of the molecule is CC(N)(CC1CCSC1(C)C)C(F)F. The van der Waals surface area contributed by atoms with Gasteiger partial charge < -0.3 is 5.73 Å². The van der Waals surface area contributed by atoms with Gasteiger partial charge in [-0.2, -0.15) is 11.8 Å². The van der Waals surface area contributed by atoms with Crippen molar-refractivity contribution < 1.29 is 8.78 Å². The molecule has 2 unspecified atom stereocenters. The maximum Gasteiger partial charge on any atom is 0.256 e. The molecule has 1 aliphatic heterocycles. The van der Waals surface area contributed by atoms with E-state index in [1.807, 2.05) is 11.8 Å². The summed E-state index contributed by atoms with van der Waals surface area (Å²) in [5, 5.41) is 0. The van der Waals surface area contributed by atoms with Gasteiger partial charge in [-0.15, -0.1) is 0 Å². The average Bonchev–Trinajstić information content (AvgIpc) is 2.30. The maximum absolute atomic E-state index is 12.6. The molecule has 0 aliphatic carbocycles. The fourth-order valence-electron chi connectivity index (χ4n) is 1.90. The van der Waals surface area contributed by atoms with E-state index in [2.05, 4.69) is 13.8 Å². The first-order valence-electron chi connectivity index (χ1n) is 4.97. The normalized spacial score (nSPS) is 30.6. The second-order valence-electron chi connectivity index (χ2n) is 4.95. The summed E-state index contributed by atoms with van der Waals surface area (Å²) in [6, 6.07) is 0. The van der Waals surface area contributed by atoms with Gasteiger partial charge in [-0.3, -0.25) is 0 Å². The topological polar surface area (TPSA) is 26.0 Å². The first-order chi connectivity index (χ1) is 6.26. The second-order valence-corrected chi connectivity index (χ2v) is 6.70. The summed E-state index contributed by atoms with van der Waals surface area (Å²) in [6.45, 7) is 5.70. The number of hydrogen-bond donors (Lipinski definition) is 1. The van der Waals surface area contributed by atoms with E-state index >= 15 is 0 Å². The zero-order valence-corrected chi connectivity index (χ0v) is 9.83. The molecule has 0 aromatic heterocycles. The molecule has 1 fully saturated rings. The van der Waals surface area contributed by atoms with Gasteiger partial charge in [0.25, 0.3) is 6.43 Å². The summed E-state index contributed by atoms with van der Waals surface area (Å²) in [7, 11) is 0. The zero-order chi connectivity index (χ0) is 11.0. The third kappa shape index (κ3) is 2.60. The van der Waals surface area contributed by atoms with Crippen molar-refractivity contribution in [3.05, 3.63) is 0 Å². The van der Waals surface area contributed by atoms with Gasteiger partial charge in [0, 0.05) is 4.75 Å². The van der Waals surface area contributed by atoms with Crippen LogP contribution < -0.4 is 5.73 Å². The van der Waals surface area contributed by atoms with Crippen LogP contribution in [0.15, 0.2) is 0 Å². The monoisotopic (exact) mass is 223 g/mol. The molecule has 1 nitrogen and oxygen atoms in total. The Morgan fingerprint density at radius 2 is 2.14 bits per heavy atom. The fraction of sp³-hybridized carbons (Fsp3) is 1.00. The highest BCUT2D eigenvalue weighted by molar-refractivity contribution is 8.00. The smallest absolute Gasteiger partial charge is 0.256 e. The Hall–Kier alpha value is 0.170. The molecule has 1 aliphatic rings. The van der Waals surface area contributed by atoms with Crippen LogP contribution in [-0.4, -0.2) is 22.5 Å². The summed E-state index contributed by atoms with van der Waals surface area (Å²) < 4.78 is 25.3. The lowest BCUT2D eigenvalue weighted by atomic mass is 9.81. The van der Waals surface area contributed by atoms with Crippen LogP contribution in [0.4, 0.5) is 8.78 Å². The molecule has 0 aromatic carbocycles. The molecule has 0 bridgehead atoms. The summed E-state index contributed by atoms with van der Waals surface area (Å²) in [5.41, 5.74) is 4.27. The Morgan fingerprint density at radius 3 is 2.50 bits per heavy atom. The Labute approximate surface area is 88.8 Å². The van der Waals surface area contributed by atoms with Crippen molar-refractivity contribution in [2.24, 2.45) is 11.7 Å². The van der Waals surface area contributed by atoms with Crippen LogP contribution in [0.1, 0.15) is 33.6 Å². The van der Waals surface area contributed by atoms with Crippen LogP contribution in [0.25, 0.3) is 0 Å². The van der Waals surface area contributed by atoms with Gasteiger partial charge in [-0.25, -0.2) is 8.78 Å². The minimum Gasteiger partial charge on any atom is -0.321 e. The summed E-state index contributed by atoms with van der Waals surface area (Å²) >= 11 is 1.86. The molecule has 4 heteroatoms. The number of hydrogen-bond acceptors (Lipinski definition) is 2. The lowest BCUT2D eigenvalue weighted by Crippen LogP contribution is -2.47. The molecule has 84 valence electrons. The van der Waals surface area contributed by atoms with Crippen molar-refractivity contribution in [1.29, 1.82) is 0 Å². The third-order valence-corrected chi connectivity index (χ3v) is 4.63. The van der Waals surface area contributed by atoms with Crippen LogP contribution in [0, 0.1) is 5.92 Å². The number of nitrogens with two attached hydrogens (primary N) is 1. The van der Waals surface area contributed by atoms with Crippen molar-refractivity contribution in [3.63, 3.8) is 0 Å². The molecule has 1 heterocycles.